The summed E-state index contributed by atoms with van der Waals surface area (Å²) in [5, 5.41) is 4.19. The standard InChI is InChI=1S/C13H14ClN5O/c1-20-12-4-3-10-13(17-12)19(11(9-14)16-10)8-7-18-6-2-5-15-18/h2-6H,7-9H2,1H3. The molecule has 20 heavy (non-hydrogen) atoms. The van der Waals surface area contributed by atoms with E-state index in [1.54, 1.807) is 19.4 Å². The topological polar surface area (TPSA) is 57.8 Å². The van der Waals surface area contributed by atoms with Crippen LogP contribution in [0.2, 0.25) is 0 Å². The Bertz CT molecular complexity index is 707. The zero-order chi connectivity index (χ0) is 13.9. The number of imidazole rings is 1. The molecule has 0 bridgehead atoms. The van der Waals surface area contributed by atoms with Crippen LogP contribution in [0.4, 0.5) is 0 Å². The molecule has 0 aliphatic heterocycles. The van der Waals surface area contributed by atoms with Gasteiger partial charge in [-0.2, -0.15) is 10.1 Å². The lowest BCUT2D eigenvalue weighted by atomic mass is 10.4. The van der Waals surface area contributed by atoms with Gasteiger partial charge in [-0.1, -0.05) is 0 Å². The number of pyridine rings is 1. The number of nitrogens with zero attached hydrogens (tertiary/aromatic N) is 5. The van der Waals surface area contributed by atoms with Crippen LogP contribution in [0.1, 0.15) is 5.82 Å². The van der Waals surface area contributed by atoms with Crippen molar-refractivity contribution >= 4 is 22.8 Å². The van der Waals surface area contributed by atoms with Crippen molar-refractivity contribution in [3.05, 3.63) is 36.4 Å². The van der Waals surface area contributed by atoms with Gasteiger partial charge in [0.05, 0.1) is 19.5 Å². The summed E-state index contributed by atoms with van der Waals surface area (Å²) in [6.45, 7) is 1.45. The van der Waals surface area contributed by atoms with Gasteiger partial charge in [-0.25, -0.2) is 4.98 Å². The summed E-state index contributed by atoms with van der Waals surface area (Å²) in [6, 6.07) is 5.59. The van der Waals surface area contributed by atoms with E-state index in [0.717, 1.165) is 23.5 Å². The molecule has 0 unspecified atom stereocenters. The Morgan fingerprint density at radius 3 is 2.85 bits per heavy atom. The van der Waals surface area contributed by atoms with Crippen molar-refractivity contribution < 1.29 is 4.74 Å². The lowest BCUT2D eigenvalue weighted by Gasteiger charge is -2.07. The molecule has 0 saturated carbocycles. The zero-order valence-electron chi connectivity index (χ0n) is 11.0. The van der Waals surface area contributed by atoms with Crippen LogP contribution in [0.15, 0.2) is 30.6 Å². The number of hydrogen-bond acceptors (Lipinski definition) is 4. The maximum Gasteiger partial charge on any atom is 0.215 e. The number of methoxy groups -OCH3 is 1. The van der Waals surface area contributed by atoms with Gasteiger partial charge in [0.1, 0.15) is 11.3 Å². The Hall–Kier alpha value is -2.08. The van der Waals surface area contributed by atoms with Crippen LogP contribution in [0.5, 0.6) is 5.88 Å². The summed E-state index contributed by atoms with van der Waals surface area (Å²) in [5.74, 6) is 1.71. The van der Waals surface area contributed by atoms with Crippen LogP contribution in [-0.4, -0.2) is 31.4 Å². The van der Waals surface area contributed by atoms with E-state index in [4.69, 9.17) is 16.3 Å². The van der Waals surface area contributed by atoms with Gasteiger partial charge in [0, 0.05) is 25.0 Å². The van der Waals surface area contributed by atoms with Crippen molar-refractivity contribution in [3.8, 4) is 5.88 Å². The number of alkyl halides is 1. The fourth-order valence-electron chi connectivity index (χ4n) is 2.12. The summed E-state index contributed by atoms with van der Waals surface area (Å²) in [5.41, 5.74) is 1.61. The van der Waals surface area contributed by atoms with Crippen molar-refractivity contribution in [1.82, 2.24) is 24.3 Å². The van der Waals surface area contributed by atoms with E-state index in [-0.39, 0.29) is 0 Å². The molecule has 3 aromatic rings. The average Bonchev–Trinajstić information content (AvgIpc) is 3.11. The number of fused-ring (bicyclic) bond motifs is 1. The molecule has 3 rings (SSSR count). The van der Waals surface area contributed by atoms with Gasteiger partial charge >= 0.3 is 0 Å². The highest BCUT2D eigenvalue weighted by atomic mass is 35.5. The molecule has 0 aliphatic rings. The Labute approximate surface area is 121 Å². The zero-order valence-corrected chi connectivity index (χ0v) is 11.8. The van der Waals surface area contributed by atoms with E-state index in [9.17, 15) is 0 Å². The highest BCUT2D eigenvalue weighted by molar-refractivity contribution is 6.16. The first kappa shape index (κ1) is 12.9. The predicted molar refractivity (Wildman–Crippen MR) is 75.9 cm³/mol. The van der Waals surface area contributed by atoms with Crippen molar-refractivity contribution in [1.29, 1.82) is 0 Å². The second-order valence-electron chi connectivity index (χ2n) is 4.28. The first-order chi connectivity index (χ1) is 9.81. The van der Waals surface area contributed by atoms with E-state index in [1.165, 1.54) is 0 Å². The molecule has 0 N–H and O–H groups in total. The number of rotatable bonds is 5. The van der Waals surface area contributed by atoms with Crippen LogP contribution in [0.25, 0.3) is 11.2 Å². The van der Waals surface area contributed by atoms with Crippen molar-refractivity contribution in [3.63, 3.8) is 0 Å². The molecule has 0 atom stereocenters. The summed E-state index contributed by atoms with van der Waals surface area (Å²) in [4.78, 5) is 8.94. The smallest absolute Gasteiger partial charge is 0.215 e. The Morgan fingerprint density at radius 2 is 2.15 bits per heavy atom. The molecule has 0 radical (unpaired) electrons. The lowest BCUT2D eigenvalue weighted by molar-refractivity contribution is 0.398. The first-order valence-electron chi connectivity index (χ1n) is 6.25. The molecule has 0 amide bonds. The van der Waals surface area contributed by atoms with Crippen LogP contribution in [0, 0.1) is 0 Å². The Kier molecular flexibility index (Phi) is 3.56. The second-order valence-corrected chi connectivity index (χ2v) is 4.55. The van der Waals surface area contributed by atoms with Crippen LogP contribution < -0.4 is 4.74 Å². The molecule has 7 heteroatoms. The minimum absolute atomic E-state index is 0.345. The summed E-state index contributed by atoms with van der Waals surface area (Å²) >= 11 is 5.97. The van der Waals surface area contributed by atoms with Crippen LogP contribution in [0.3, 0.4) is 0 Å². The largest absolute Gasteiger partial charge is 0.481 e. The van der Waals surface area contributed by atoms with Gasteiger partial charge < -0.3 is 9.30 Å². The Morgan fingerprint density at radius 1 is 1.25 bits per heavy atom. The number of ether oxygens (including phenoxy) is 1. The summed E-state index contributed by atoms with van der Waals surface area (Å²) in [6.07, 6.45) is 3.68. The van der Waals surface area contributed by atoms with Gasteiger partial charge in [0.15, 0.2) is 5.65 Å². The second kappa shape index (κ2) is 5.50. The minimum atomic E-state index is 0.345. The molecular formula is C13H14ClN5O. The molecule has 6 nitrogen and oxygen atoms in total. The van der Waals surface area contributed by atoms with Gasteiger partial charge in [0.25, 0.3) is 0 Å². The number of aromatic nitrogens is 5. The van der Waals surface area contributed by atoms with E-state index in [0.29, 0.717) is 18.3 Å². The highest BCUT2D eigenvalue weighted by Gasteiger charge is 2.12. The number of aryl methyl sites for hydroxylation is 2. The summed E-state index contributed by atoms with van der Waals surface area (Å²) in [7, 11) is 1.60. The third kappa shape index (κ3) is 2.34. The molecule has 0 spiro atoms. The van der Waals surface area contributed by atoms with Gasteiger partial charge in [-0.15, -0.1) is 11.6 Å². The number of hydrogen-bond donors (Lipinski definition) is 0. The minimum Gasteiger partial charge on any atom is -0.481 e. The normalized spacial score (nSPS) is 11.1. The van der Waals surface area contributed by atoms with E-state index < -0.39 is 0 Å². The molecular weight excluding hydrogens is 278 g/mol. The monoisotopic (exact) mass is 291 g/mol. The molecule has 0 saturated heterocycles. The number of halogens is 1. The quantitative estimate of drug-likeness (QED) is 0.675. The molecule has 0 aromatic carbocycles. The van der Waals surface area contributed by atoms with E-state index >= 15 is 0 Å². The van der Waals surface area contributed by atoms with E-state index in [2.05, 4.69) is 15.1 Å². The van der Waals surface area contributed by atoms with Crippen LogP contribution >= 0.6 is 11.6 Å². The molecule has 0 aliphatic carbocycles. The fourth-order valence-corrected chi connectivity index (χ4v) is 2.32. The highest BCUT2D eigenvalue weighted by Crippen LogP contribution is 2.19. The predicted octanol–water partition coefficient (Wildman–Crippen LogP) is 2.08. The molecule has 3 heterocycles. The maximum atomic E-state index is 5.97. The summed E-state index contributed by atoms with van der Waals surface area (Å²) < 4.78 is 9.04. The fraction of sp³-hybridized carbons (Fsp3) is 0.308. The van der Waals surface area contributed by atoms with Gasteiger partial charge in [0.2, 0.25) is 5.88 Å². The average molecular weight is 292 g/mol. The molecule has 3 aromatic heterocycles. The third-order valence-electron chi connectivity index (χ3n) is 3.09. The SMILES string of the molecule is COc1ccc2nc(CCl)n(CCn3cccn3)c2n1. The van der Waals surface area contributed by atoms with Crippen LogP contribution in [-0.2, 0) is 19.0 Å². The maximum absolute atomic E-state index is 5.97. The van der Waals surface area contributed by atoms with Gasteiger partial charge in [-0.05, 0) is 12.1 Å². The lowest BCUT2D eigenvalue weighted by Crippen LogP contribution is -2.10. The molecule has 0 fully saturated rings. The third-order valence-corrected chi connectivity index (χ3v) is 3.33. The first-order valence-corrected chi connectivity index (χ1v) is 6.79. The van der Waals surface area contributed by atoms with Crippen molar-refractivity contribution in [2.24, 2.45) is 0 Å². The Balaban J connectivity index is 1.97. The molecule has 104 valence electrons. The van der Waals surface area contributed by atoms with Crippen molar-refractivity contribution in [2.45, 2.75) is 19.0 Å². The van der Waals surface area contributed by atoms with Crippen molar-refractivity contribution in [2.75, 3.05) is 7.11 Å². The van der Waals surface area contributed by atoms with Gasteiger partial charge in [-0.3, -0.25) is 4.68 Å². The van der Waals surface area contributed by atoms with E-state index in [1.807, 2.05) is 27.6 Å².